The summed E-state index contributed by atoms with van der Waals surface area (Å²) < 4.78 is 5.23. The number of pyridine rings is 1. The molecular formula is C22H24ClN3O3S. The maximum atomic E-state index is 12.6. The van der Waals surface area contributed by atoms with Crippen LogP contribution < -0.4 is 5.32 Å². The molecule has 0 saturated carbocycles. The van der Waals surface area contributed by atoms with Gasteiger partial charge in [-0.15, -0.1) is 11.3 Å². The first-order valence-corrected chi connectivity index (χ1v) is 11.0. The average Bonchev–Trinajstić information content (AvgIpc) is 3.03. The number of anilines is 1. The molecule has 0 aliphatic heterocycles. The second-order valence-corrected chi connectivity index (χ2v) is 9.97. The zero-order valence-electron chi connectivity index (χ0n) is 17.4. The first-order chi connectivity index (χ1) is 14.1. The number of carbonyl (C=O) groups excluding carboxylic acids is 2. The standard InChI is InChI=1S/C22H24ClN3O3S/c1-12(29-21(28)15-6-5-9-25-18(15)23)19(27)26-20-16(11-24)14-8-7-13(22(2,3)4)10-17(14)30-20/h5-6,9,12-13H,7-8,10H2,1-4H3,(H,26,27). The van der Waals surface area contributed by atoms with Crippen molar-refractivity contribution in [2.24, 2.45) is 11.3 Å². The number of aromatic nitrogens is 1. The van der Waals surface area contributed by atoms with Crippen molar-refractivity contribution in [1.82, 2.24) is 4.98 Å². The summed E-state index contributed by atoms with van der Waals surface area (Å²) in [4.78, 5) is 29.9. The number of fused-ring (bicyclic) bond motifs is 1. The number of nitriles is 1. The molecular weight excluding hydrogens is 422 g/mol. The van der Waals surface area contributed by atoms with Gasteiger partial charge in [-0.2, -0.15) is 5.26 Å². The Morgan fingerprint density at radius 2 is 2.17 bits per heavy atom. The highest BCUT2D eigenvalue weighted by atomic mass is 35.5. The monoisotopic (exact) mass is 445 g/mol. The summed E-state index contributed by atoms with van der Waals surface area (Å²) in [7, 11) is 0. The molecule has 0 bridgehead atoms. The molecule has 3 rings (SSSR count). The second kappa shape index (κ2) is 8.75. The van der Waals surface area contributed by atoms with Crippen molar-refractivity contribution in [2.75, 3.05) is 5.32 Å². The van der Waals surface area contributed by atoms with Crippen molar-refractivity contribution in [3.05, 3.63) is 45.1 Å². The highest BCUT2D eigenvalue weighted by Gasteiger charge is 2.33. The van der Waals surface area contributed by atoms with E-state index in [2.05, 4.69) is 37.1 Å². The van der Waals surface area contributed by atoms with E-state index in [1.54, 1.807) is 6.07 Å². The summed E-state index contributed by atoms with van der Waals surface area (Å²) in [5, 5.41) is 13.0. The van der Waals surface area contributed by atoms with Gasteiger partial charge in [0.05, 0.1) is 11.1 Å². The van der Waals surface area contributed by atoms with Crippen LogP contribution in [0, 0.1) is 22.7 Å². The summed E-state index contributed by atoms with van der Waals surface area (Å²) in [6.07, 6.45) is 3.16. The molecule has 30 heavy (non-hydrogen) atoms. The molecule has 1 amide bonds. The van der Waals surface area contributed by atoms with Gasteiger partial charge in [0.2, 0.25) is 0 Å². The van der Waals surface area contributed by atoms with Crippen LogP contribution in [0.1, 0.15) is 60.5 Å². The Balaban J connectivity index is 1.73. The number of halogens is 1. The first-order valence-electron chi connectivity index (χ1n) is 9.78. The van der Waals surface area contributed by atoms with Crippen LogP contribution >= 0.6 is 22.9 Å². The minimum atomic E-state index is -1.05. The van der Waals surface area contributed by atoms with Gasteiger partial charge in [-0.3, -0.25) is 4.79 Å². The average molecular weight is 446 g/mol. The van der Waals surface area contributed by atoms with Crippen molar-refractivity contribution >= 4 is 39.8 Å². The van der Waals surface area contributed by atoms with E-state index in [1.807, 2.05) is 0 Å². The second-order valence-electron chi connectivity index (χ2n) is 8.50. The molecule has 8 heteroatoms. The highest BCUT2D eigenvalue weighted by Crippen LogP contribution is 2.44. The van der Waals surface area contributed by atoms with E-state index in [1.165, 1.54) is 30.5 Å². The molecule has 6 nitrogen and oxygen atoms in total. The van der Waals surface area contributed by atoms with Crippen molar-refractivity contribution < 1.29 is 14.3 Å². The van der Waals surface area contributed by atoms with E-state index in [9.17, 15) is 14.9 Å². The Morgan fingerprint density at radius 1 is 1.43 bits per heavy atom. The van der Waals surface area contributed by atoms with E-state index in [0.29, 0.717) is 16.5 Å². The molecule has 2 atom stereocenters. The lowest BCUT2D eigenvalue weighted by molar-refractivity contribution is -0.123. The van der Waals surface area contributed by atoms with Crippen LogP contribution in [0.15, 0.2) is 18.3 Å². The van der Waals surface area contributed by atoms with Gasteiger partial charge >= 0.3 is 5.97 Å². The number of esters is 1. The minimum absolute atomic E-state index is 0.0150. The lowest BCUT2D eigenvalue weighted by Crippen LogP contribution is -2.30. The molecule has 2 aromatic heterocycles. The zero-order chi connectivity index (χ0) is 22.1. The fraction of sp³-hybridized carbons (Fsp3) is 0.455. The van der Waals surface area contributed by atoms with Crippen molar-refractivity contribution in [1.29, 1.82) is 5.26 Å². The zero-order valence-corrected chi connectivity index (χ0v) is 19.0. The fourth-order valence-electron chi connectivity index (χ4n) is 3.56. The molecule has 0 fully saturated rings. The van der Waals surface area contributed by atoms with Crippen LogP contribution in [0.25, 0.3) is 0 Å². The molecule has 1 N–H and O–H groups in total. The summed E-state index contributed by atoms with van der Waals surface area (Å²) in [6.45, 7) is 8.17. The molecule has 0 saturated heterocycles. The maximum Gasteiger partial charge on any atom is 0.342 e. The Hall–Kier alpha value is -2.43. The van der Waals surface area contributed by atoms with Gasteiger partial charge in [0.1, 0.15) is 16.2 Å². The number of carbonyl (C=O) groups is 2. The number of amides is 1. The molecule has 0 spiro atoms. The third kappa shape index (κ3) is 4.66. The molecule has 158 valence electrons. The number of thiophene rings is 1. The number of nitrogens with zero attached hydrogens (tertiary/aromatic N) is 2. The smallest absolute Gasteiger partial charge is 0.342 e. The third-order valence-corrected chi connectivity index (χ3v) is 6.94. The largest absolute Gasteiger partial charge is 0.449 e. The topological polar surface area (TPSA) is 92.1 Å². The van der Waals surface area contributed by atoms with E-state index in [0.717, 1.165) is 29.7 Å². The molecule has 0 aromatic carbocycles. The molecule has 2 heterocycles. The van der Waals surface area contributed by atoms with Gasteiger partial charge in [0, 0.05) is 11.1 Å². The Kier molecular flexibility index (Phi) is 6.49. The molecule has 2 aromatic rings. The summed E-state index contributed by atoms with van der Waals surface area (Å²) in [5.41, 5.74) is 1.83. The lowest BCUT2D eigenvalue weighted by atomic mass is 9.72. The summed E-state index contributed by atoms with van der Waals surface area (Å²) in [5.74, 6) is -0.691. The summed E-state index contributed by atoms with van der Waals surface area (Å²) >= 11 is 7.35. The Morgan fingerprint density at radius 3 is 2.80 bits per heavy atom. The van der Waals surface area contributed by atoms with Gasteiger partial charge in [0.15, 0.2) is 6.10 Å². The van der Waals surface area contributed by atoms with Gasteiger partial charge in [-0.05, 0) is 55.2 Å². The normalized spacial score (nSPS) is 16.9. The van der Waals surface area contributed by atoms with Crippen molar-refractivity contribution in [3.63, 3.8) is 0 Å². The van der Waals surface area contributed by atoms with Crippen LogP contribution in [0.5, 0.6) is 0 Å². The van der Waals surface area contributed by atoms with Crippen LogP contribution in [0.3, 0.4) is 0 Å². The Labute approximate surface area is 185 Å². The number of nitrogens with one attached hydrogen (secondary N) is 1. The summed E-state index contributed by atoms with van der Waals surface area (Å²) in [6, 6.07) is 5.28. The maximum absolute atomic E-state index is 12.6. The van der Waals surface area contributed by atoms with E-state index < -0.39 is 18.0 Å². The van der Waals surface area contributed by atoms with Crippen LogP contribution in [0.4, 0.5) is 5.00 Å². The van der Waals surface area contributed by atoms with Crippen LogP contribution in [0.2, 0.25) is 5.15 Å². The van der Waals surface area contributed by atoms with E-state index >= 15 is 0 Å². The number of hydrogen-bond donors (Lipinski definition) is 1. The minimum Gasteiger partial charge on any atom is -0.449 e. The predicted molar refractivity (Wildman–Crippen MR) is 117 cm³/mol. The van der Waals surface area contributed by atoms with Gasteiger partial charge < -0.3 is 10.1 Å². The van der Waals surface area contributed by atoms with Crippen LogP contribution in [-0.4, -0.2) is 23.0 Å². The number of ether oxygens (including phenoxy) is 1. The van der Waals surface area contributed by atoms with E-state index in [-0.39, 0.29) is 16.1 Å². The number of hydrogen-bond acceptors (Lipinski definition) is 6. The van der Waals surface area contributed by atoms with Gasteiger partial charge in [-0.1, -0.05) is 32.4 Å². The fourth-order valence-corrected chi connectivity index (χ4v) is 5.04. The molecule has 1 aliphatic carbocycles. The molecule has 1 aliphatic rings. The quantitative estimate of drug-likeness (QED) is 0.527. The predicted octanol–water partition coefficient (Wildman–Crippen LogP) is 5.00. The molecule has 0 radical (unpaired) electrons. The SMILES string of the molecule is CC(OC(=O)c1cccnc1Cl)C(=O)Nc1sc2c(c1C#N)CCC(C(C)(C)C)C2. The first kappa shape index (κ1) is 22.3. The Bertz CT molecular complexity index is 1020. The van der Waals surface area contributed by atoms with Crippen LogP contribution in [-0.2, 0) is 22.4 Å². The molecule has 2 unspecified atom stereocenters. The van der Waals surface area contributed by atoms with Crippen molar-refractivity contribution in [3.8, 4) is 6.07 Å². The van der Waals surface area contributed by atoms with Crippen molar-refractivity contribution in [2.45, 2.75) is 53.1 Å². The number of rotatable bonds is 4. The highest BCUT2D eigenvalue weighted by molar-refractivity contribution is 7.16. The van der Waals surface area contributed by atoms with E-state index in [4.69, 9.17) is 16.3 Å². The third-order valence-electron chi connectivity index (χ3n) is 5.47. The lowest BCUT2D eigenvalue weighted by Gasteiger charge is -2.33. The van der Waals surface area contributed by atoms with Gasteiger partial charge in [-0.25, -0.2) is 9.78 Å². The van der Waals surface area contributed by atoms with Gasteiger partial charge in [0.25, 0.3) is 5.91 Å².